The van der Waals surface area contributed by atoms with Crippen molar-refractivity contribution in [1.82, 2.24) is 0 Å². The highest BCUT2D eigenvalue weighted by atomic mass is 16.6. The smallest absolute Gasteiger partial charge is 0.197 e. The van der Waals surface area contributed by atoms with Gasteiger partial charge in [-0.05, 0) is 18.6 Å². The first kappa shape index (κ1) is 18.2. The van der Waals surface area contributed by atoms with Crippen molar-refractivity contribution in [2.45, 2.75) is 51.7 Å². The Balaban J connectivity index is 1.97. The normalized spacial score (nSPS) is 11.9. The van der Waals surface area contributed by atoms with Crippen LogP contribution in [0.3, 0.4) is 0 Å². The molecule has 1 unspecified atom stereocenters. The molecule has 0 aliphatic carbocycles. The van der Waals surface area contributed by atoms with Gasteiger partial charge in [-0.15, -0.1) is 0 Å². The van der Waals surface area contributed by atoms with E-state index >= 15 is 0 Å². The molecule has 1 atom stereocenters. The number of para-hydroxylation sites is 1. The molecule has 0 aromatic heterocycles. The number of aliphatic hydroxyl groups excluding tert-OH is 1. The third-order valence-electron chi connectivity index (χ3n) is 3.99. The minimum absolute atomic E-state index is 0.0960. The molecule has 1 N–H and O–H groups in total. The molecule has 0 fully saturated rings. The van der Waals surface area contributed by atoms with Crippen LogP contribution in [0.5, 0.6) is 5.75 Å². The van der Waals surface area contributed by atoms with Gasteiger partial charge in [0.2, 0.25) is 0 Å². The van der Waals surface area contributed by atoms with Crippen molar-refractivity contribution in [2.24, 2.45) is 0 Å². The number of ketones is 1. The van der Waals surface area contributed by atoms with Gasteiger partial charge in [-0.1, -0.05) is 75.1 Å². The minimum Gasteiger partial charge on any atom is -0.464 e. The fourth-order valence-electron chi connectivity index (χ4n) is 2.63. The van der Waals surface area contributed by atoms with Crippen molar-refractivity contribution in [3.63, 3.8) is 0 Å². The van der Waals surface area contributed by atoms with Crippen LogP contribution in [0, 0.1) is 0 Å². The maximum absolute atomic E-state index is 12.6. The van der Waals surface area contributed by atoms with E-state index in [1.165, 1.54) is 19.3 Å². The van der Waals surface area contributed by atoms with Crippen LogP contribution in [0.1, 0.15) is 61.4 Å². The summed E-state index contributed by atoms with van der Waals surface area (Å²) in [4.78, 5) is 12.6. The Morgan fingerprint density at radius 3 is 2.38 bits per heavy atom. The van der Waals surface area contributed by atoms with Gasteiger partial charge >= 0.3 is 0 Å². The molecule has 0 aliphatic heterocycles. The van der Waals surface area contributed by atoms with Crippen LogP contribution in [0.15, 0.2) is 54.6 Å². The molecule has 24 heavy (non-hydrogen) atoms. The SMILES string of the molecule is CCCCCCCC(O)Oc1ccccc1C(=O)c1ccccc1. The van der Waals surface area contributed by atoms with Crippen molar-refractivity contribution < 1.29 is 14.6 Å². The maximum Gasteiger partial charge on any atom is 0.197 e. The summed E-state index contributed by atoms with van der Waals surface area (Å²) in [6, 6.07) is 16.2. The maximum atomic E-state index is 12.6. The van der Waals surface area contributed by atoms with E-state index < -0.39 is 6.29 Å². The van der Waals surface area contributed by atoms with Crippen LogP contribution in [0.25, 0.3) is 0 Å². The molecule has 3 nitrogen and oxygen atoms in total. The molecule has 0 amide bonds. The van der Waals surface area contributed by atoms with E-state index in [0.29, 0.717) is 23.3 Å². The largest absolute Gasteiger partial charge is 0.464 e. The van der Waals surface area contributed by atoms with Gasteiger partial charge in [-0.25, -0.2) is 0 Å². The molecule has 2 rings (SSSR count). The first-order valence-corrected chi connectivity index (χ1v) is 8.76. The Kier molecular flexibility index (Phi) is 7.50. The van der Waals surface area contributed by atoms with Crippen LogP contribution in [0.2, 0.25) is 0 Å². The van der Waals surface area contributed by atoms with E-state index in [0.717, 1.165) is 12.8 Å². The number of ether oxygens (including phenoxy) is 1. The Labute approximate surface area is 144 Å². The zero-order valence-corrected chi connectivity index (χ0v) is 14.3. The van der Waals surface area contributed by atoms with Crippen LogP contribution in [-0.4, -0.2) is 17.2 Å². The lowest BCUT2D eigenvalue weighted by Gasteiger charge is -2.16. The third-order valence-corrected chi connectivity index (χ3v) is 3.99. The van der Waals surface area contributed by atoms with Crippen molar-refractivity contribution in [1.29, 1.82) is 0 Å². The van der Waals surface area contributed by atoms with Crippen LogP contribution >= 0.6 is 0 Å². The average Bonchev–Trinajstić information content (AvgIpc) is 2.62. The molecule has 128 valence electrons. The molecule has 0 saturated heterocycles. The molecule has 0 saturated carbocycles. The van der Waals surface area contributed by atoms with Crippen molar-refractivity contribution in [3.05, 3.63) is 65.7 Å². The van der Waals surface area contributed by atoms with Gasteiger partial charge in [0.15, 0.2) is 12.1 Å². The van der Waals surface area contributed by atoms with E-state index in [1.54, 1.807) is 30.3 Å². The molecule has 2 aromatic carbocycles. The zero-order valence-electron chi connectivity index (χ0n) is 14.3. The molecular weight excluding hydrogens is 300 g/mol. The molecule has 0 radical (unpaired) electrons. The third kappa shape index (κ3) is 5.50. The van der Waals surface area contributed by atoms with E-state index in [1.807, 2.05) is 24.3 Å². The Morgan fingerprint density at radius 1 is 0.958 bits per heavy atom. The van der Waals surface area contributed by atoms with E-state index in [2.05, 4.69) is 6.92 Å². The van der Waals surface area contributed by atoms with Gasteiger partial charge in [0, 0.05) is 12.0 Å². The number of unbranched alkanes of at least 4 members (excludes halogenated alkanes) is 4. The number of benzene rings is 2. The Morgan fingerprint density at radius 2 is 1.62 bits per heavy atom. The molecule has 0 spiro atoms. The highest BCUT2D eigenvalue weighted by Gasteiger charge is 2.16. The Hall–Kier alpha value is -2.13. The number of rotatable bonds is 10. The monoisotopic (exact) mass is 326 g/mol. The molecule has 0 heterocycles. The summed E-state index contributed by atoms with van der Waals surface area (Å²) in [7, 11) is 0. The van der Waals surface area contributed by atoms with E-state index in [9.17, 15) is 9.90 Å². The molecule has 2 aromatic rings. The average molecular weight is 326 g/mol. The van der Waals surface area contributed by atoms with Gasteiger partial charge in [0.05, 0.1) is 5.56 Å². The fourth-order valence-corrected chi connectivity index (χ4v) is 2.63. The van der Waals surface area contributed by atoms with Crippen molar-refractivity contribution in [3.8, 4) is 5.75 Å². The number of carbonyl (C=O) groups excluding carboxylic acids is 1. The van der Waals surface area contributed by atoms with Gasteiger partial charge in [0.25, 0.3) is 0 Å². The summed E-state index contributed by atoms with van der Waals surface area (Å²) in [6.45, 7) is 2.18. The summed E-state index contributed by atoms with van der Waals surface area (Å²) in [5.74, 6) is 0.341. The first-order valence-electron chi connectivity index (χ1n) is 8.76. The van der Waals surface area contributed by atoms with Gasteiger partial charge in [-0.3, -0.25) is 4.79 Å². The number of hydrogen-bond acceptors (Lipinski definition) is 3. The predicted octanol–water partition coefficient (Wildman–Crippen LogP) is 4.98. The standard InChI is InChI=1S/C21H26O3/c1-2-3-4-5-9-16-20(22)24-19-15-11-10-14-18(19)21(23)17-12-7-6-8-13-17/h6-8,10-15,20,22H,2-5,9,16H2,1H3. The first-order chi connectivity index (χ1) is 11.7. The summed E-state index contributed by atoms with van der Waals surface area (Å²) < 4.78 is 5.63. The molecule has 0 aliphatic rings. The minimum atomic E-state index is -0.878. The number of hydrogen-bond donors (Lipinski definition) is 1. The molecular formula is C21H26O3. The van der Waals surface area contributed by atoms with Crippen molar-refractivity contribution in [2.75, 3.05) is 0 Å². The topological polar surface area (TPSA) is 46.5 Å². The van der Waals surface area contributed by atoms with Crippen LogP contribution in [0.4, 0.5) is 0 Å². The van der Waals surface area contributed by atoms with E-state index in [-0.39, 0.29) is 5.78 Å². The molecule has 0 bridgehead atoms. The quantitative estimate of drug-likeness (QED) is 0.381. The highest BCUT2D eigenvalue weighted by molar-refractivity contribution is 6.10. The molecule has 3 heteroatoms. The number of carbonyl (C=O) groups is 1. The zero-order chi connectivity index (χ0) is 17.2. The second kappa shape index (κ2) is 9.89. The van der Waals surface area contributed by atoms with E-state index in [4.69, 9.17) is 4.74 Å². The lowest BCUT2D eigenvalue weighted by Crippen LogP contribution is -2.17. The predicted molar refractivity (Wildman–Crippen MR) is 96.3 cm³/mol. The van der Waals surface area contributed by atoms with Crippen LogP contribution < -0.4 is 4.74 Å². The lowest BCUT2D eigenvalue weighted by atomic mass is 10.0. The van der Waals surface area contributed by atoms with Crippen molar-refractivity contribution >= 4 is 5.78 Å². The second-order valence-electron chi connectivity index (χ2n) is 5.97. The second-order valence-corrected chi connectivity index (χ2v) is 5.97. The summed E-state index contributed by atoms with van der Waals surface area (Å²) in [5.41, 5.74) is 1.09. The number of aliphatic hydroxyl groups is 1. The fraction of sp³-hybridized carbons (Fsp3) is 0.381. The van der Waals surface area contributed by atoms with Gasteiger partial charge in [0.1, 0.15) is 5.75 Å². The summed E-state index contributed by atoms with van der Waals surface area (Å²) >= 11 is 0. The van der Waals surface area contributed by atoms with Gasteiger partial charge in [-0.2, -0.15) is 0 Å². The lowest BCUT2D eigenvalue weighted by molar-refractivity contribution is -0.0249. The summed E-state index contributed by atoms with van der Waals surface area (Å²) in [5, 5.41) is 10.1. The van der Waals surface area contributed by atoms with Crippen LogP contribution in [-0.2, 0) is 0 Å². The highest BCUT2D eigenvalue weighted by Crippen LogP contribution is 2.23. The van der Waals surface area contributed by atoms with Gasteiger partial charge < -0.3 is 9.84 Å². The summed E-state index contributed by atoms with van der Waals surface area (Å²) in [6.07, 6.45) is 5.34. The Bertz CT molecular complexity index is 622.